The van der Waals surface area contributed by atoms with Crippen molar-refractivity contribution in [1.82, 2.24) is 25.0 Å². The highest BCUT2D eigenvalue weighted by molar-refractivity contribution is 5.85. The summed E-state index contributed by atoms with van der Waals surface area (Å²) in [5, 5.41) is 26.6. The summed E-state index contributed by atoms with van der Waals surface area (Å²) in [5.74, 6) is 1.41. The number of aromatic hydroxyl groups is 1. The molecule has 0 atom stereocenters. The van der Waals surface area contributed by atoms with Crippen LogP contribution in [0.5, 0.6) is 11.8 Å². The van der Waals surface area contributed by atoms with Gasteiger partial charge in [0.15, 0.2) is 5.82 Å². The summed E-state index contributed by atoms with van der Waals surface area (Å²) in [4.78, 5) is 0. The number of aromatic amines is 1. The second kappa shape index (κ2) is 6.51. The highest BCUT2D eigenvalue weighted by Gasteiger charge is 2.15. The van der Waals surface area contributed by atoms with Crippen LogP contribution in [-0.4, -0.2) is 37.2 Å². The van der Waals surface area contributed by atoms with Crippen molar-refractivity contribution in [2.45, 2.75) is 19.9 Å². The lowest BCUT2D eigenvalue weighted by atomic mass is 10.1. The Morgan fingerprint density at radius 1 is 1.12 bits per heavy atom. The van der Waals surface area contributed by atoms with Crippen LogP contribution in [0.3, 0.4) is 0 Å². The Bertz CT molecular complexity index is 1050. The minimum Gasteiger partial charge on any atom is -0.497 e. The summed E-state index contributed by atoms with van der Waals surface area (Å²) >= 11 is 0. The van der Waals surface area contributed by atoms with E-state index in [-0.39, 0.29) is 6.01 Å². The third-order valence-electron chi connectivity index (χ3n) is 4.47. The van der Waals surface area contributed by atoms with E-state index in [2.05, 4.69) is 27.3 Å². The van der Waals surface area contributed by atoms with Gasteiger partial charge in [0.05, 0.1) is 24.9 Å². The molecule has 7 nitrogen and oxygen atoms in total. The number of hydrogen-bond donors (Lipinski definition) is 2. The van der Waals surface area contributed by atoms with Gasteiger partial charge < -0.3 is 9.84 Å². The summed E-state index contributed by atoms with van der Waals surface area (Å²) in [6, 6.07) is 13.5. The zero-order chi connectivity index (χ0) is 18.1. The summed E-state index contributed by atoms with van der Waals surface area (Å²) in [7, 11) is 1.63. The summed E-state index contributed by atoms with van der Waals surface area (Å²) in [6.07, 6.45) is 0.841. The number of methoxy groups -OCH3 is 1. The van der Waals surface area contributed by atoms with Gasteiger partial charge in [0, 0.05) is 10.9 Å². The average Bonchev–Trinajstić information content (AvgIpc) is 3.25. The zero-order valence-electron chi connectivity index (χ0n) is 14.6. The van der Waals surface area contributed by atoms with E-state index in [0.717, 1.165) is 39.9 Å². The quantitative estimate of drug-likeness (QED) is 0.578. The molecule has 4 aromatic rings. The van der Waals surface area contributed by atoms with Gasteiger partial charge in [-0.15, -0.1) is 5.10 Å². The van der Waals surface area contributed by atoms with Crippen LogP contribution in [0, 0.1) is 0 Å². The van der Waals surface area contributed by atoms with Gasteiger partial charge in [-0.3, -0.25) is 9.67 Å². The second-order valence-corrected chi connectivity index (χ2v) is 6.04. The molecule has 0 aliphatic heterocycles. The van der Waals surface area contributed by atoms with Gasteiger partial charge in [0.2, 0.25) is 0 Å². The predicted molar refractivity (Wildman–Crippen MR) is 98.2 cm³/mol. The maximum Gasteiger partial charge on any atom is 0.315 e. The Balaban J connectivity index is 1.73. The lowest BCUT2D eigenvalue weighted by Gasteiger charge is -2.09. The number of nitrogens with zero attached hydrogens (tertiary/aromatic N) is 4. The van der Waals surface area contributed by atoms with Crippen LogP contribution in [-0.2, 0) is 13.0 Å². The molecule has 2 N–H and O–H groups in total. The van der Waals surface area contributed by atoms with Crippen LogP contribution in [0.4, 0.5) is 0 Å². The van der Waals surface area contributed by atoms with Crippen molar-refractivity contribution in [3.05, 3.63) is 53.7 Å². The van der Waals surface area contributed by atoms with Crippen molar-refractivity contribution in [3.63, 3.8) is 0 Å². The van der Waals surface area contributed by atoms with Crippen molar-refractivity contribution in [3.8, 4) is 23.1 Å². The van der Waals surface area contributed by atoms with Crippen molar-refractivity contribution < 1.29 is 9.84 Å². The molecule has 132 valence electrons. The average molecular weight is 349 g/mol. The van der Waals surface area contributed by atoms with Gasteiger partial charge in [-0.05, 0) is 42.3 Å². The van der Waals surface area contributed by atoms with Crippen molar-refractivity contribution >= 4 is 10.9 Å². The van der Waals surface area contributed by atoms with Gasteiger partial charge in [-0.1, -0.05) is 24.2 Å². The van der Waals surface area contributed by atoms with Crippen LogP contribution in [0.1, 0.15) is 18.2 Å². The van der Waals surface area contributed by atoms with E-state index in [1.807, 2.05) is 42.5 Å². The van der Waals surface area contributed by atoms with Crippen LogP contribution < -0.4 is 4.74 Å². The summed E-state index contributed by atoms with van der Waals surface area (Å²) in [6.45, 7) is 2.53. The fourth-order valence-corrected chi connectivity index (χ4v) is 3.04. The van der Waals surface area contributed by atoms with E-state index in [4.69, 9.17) is 4.74 Å². The Hall–Kier alpha value is -3.35. The van der Waals surface area contributed by atoms with E-state index in [0.29, 0.717) is 12.4 Å². The molecule has 0 saturated carbocycles. The summed E-state index contributed by atoms with van der Waals surface area (Å²) < 4.78 is 6.88. The molecule has 0 unspecified atom stereocenters. The number of ether oxygens (including phenoxy) is 1. The largest absolute Gasteiger partial charge is 0.497 e. The van der Waals surface area contributed by atoms with E-state index in [1.54, 1.807) is 11.7 Å². The van der Waals surface area contributed by atoms with Crippen molar-refractivity contribution in [2.75, 3.05) is 7.11 Å². The number of H-pyrrole nitrogens is 1. The number of hydrogen-bond acceptors (Lipinski definition) is 5. The van der Waals surface area contributed by atoms with Crippen molar-refractivity contribution in [2.24, 2.45) is 0 Å². The normalized spacial score (nSPS) is 11.2. The van der Waals surface area contributed by atoms with E-state index < -0.39 is 0 Å². The molecule has 7 heteroatoms. The molecule has 0 spiro atoms. The Labute approximate surface area is 150 Å². The molecule has 4 rings (SSSR count). The van der Waals surface area contributed by atoms with Gasteiger partial charge in [-0.2, -0.15) is 5.10 Å². The third kappa shape index (κ3) is 2.77. The number of aromatic nitrogens is 5. The molecule has 26 heavy (non-hydrogen) atoms. The molecule has 0 amide bonds. The van der Waals surface area contributed by atoms with Crippen LogP contribution in [0.2, 0.25) is 0 Å². The standard InChI is InChI=1S/C19H19N5O2/c1-3-16-15-10-13(6-9-17(15)21-20-16)18-22-23-19(25)24(18)11-12-4-7-14(26-2)8-5-12/h4-10H,3,11H2,1-2H3,(H,20,21)(H,23,25). The Kier molecular flexibility index (Phi) is 4.04. The van der Waals surface area contributed by atoms with E-state index in [1.165, 1.54) is 0 Å². The molecular formula is C19H19N5O2. The second-order valence-electron chi connectivity index (χ2n) is 6.04. The van der Waals surface area contributed by atoms with E-state index in [9.17, 15) is 5.11 Å². The van der Waals surface area contributed by atoms with Crippen LogP contribution in [0.25, 0.3) is 22.3 Å². The first kappa shape index (κ1) is 16.1. The van der Waals surface area contributed by atoms with Gasteiger partial charge in [0.25, 0.3) is 0 Å². The number of nitrogens with one attached hydrogen (secondary N) is 1. The smallest absolute Gasteiger partial charge is 0.315 e. The monoisotopic (exact) mass is 349 g/mol. The molecule has 0 aliphatic carbocycles. The summed E-state index contributed by atoms with van der Waals surface area (Å²) in [5.41, 5.74) is 3.89. The highest BCUT2D eigenvalue weighted by atomic mass is 16.5. The Morgan fingerprint density at radius 2 is 1.92 bits per heavy atom. The van der Waals surface area contributed by atoms with Crippen LogP contribution >= 0.6 is 0 Å². The molecule has 2 aromatic carbocycles. The lowest BCUT2D eigenvalue weighted by Crippen LogP contribution is -2.02. The fourth-order valence-electron chi connectivity index (χ4n) is 3.04. The molecule has 0 bridgehead atoms. The van der Waals surface area contributed by atoms with Gasteiger partial charge in [0.1, 0.15) is 5.75 Å². The third-order valence-corrected chi connectivity index (χ3v) is 4.47. The predicted octanol–water partition coefficient (Wildman–Crippen LogP) is 3.15. The van der Waals surface area contributed by atoms with E-state index >= 15 is 0 Å². The van der Waals surface area contributed by atoms with Crippen molar-refractivity contribution in [1.29, 1.82) is 0 Å². The highest BCUT2D eigenvalue weighted by Crippen LogP contribution is 2.27. The molecule has 2 heterocycles. The minimum absolute atomic E-state index is 0.112. The number of aryl methyl sites for hydroxylation is 1. The molecule has 0 saturated heterocycles. The molecular weight excluding hydrogens is 330 g/mol. The first-order chi connectivity index (χ1) is 12.7. The maximum absolute atomic E-state index is 10.2. The van der Waals surface area contributed by atoms with Gasteiger partial charge >= 0.3 is 6.01 Å². The first-order valence-corrected chi connectivity index (χ1v) is 8.42. The lowest BCUT2D eigenvalue weighted by molar-refractivity contribution is 0.404. The molecule has 0 aliphatic rings. The minimum atomic E-state index is -0.112. The number of fused-ring (bicyclic) bond motifs is 1. The SMILES string of the molecule is CCc1n[nH]c2ccc(-c3nnc(O)n3Cc3ccc(OC)cc3)cc12. The number of benzene rings is 2. The van der Waals surface area contributed by atoms with Crippen LogP contribution in [0.15, 0.2) is 42.5 Å². The first-order valence-electron chi connectivity index (χ1n) is 8.42. The molecule has 0 fully saturated rings. The maximum atomic E-state index is 10.2. The zero-order valence-corrected chi connectivity index (χ0v) is 14.6. The number of rotatable bonds is 5. The fraction of sp³-hybridized carbons (Fsp3) is 0.211. The van der Waals surface area contributed by atoms with Gasteiger partial charge in [-0.25, -0.2) is 0 Å². The molecule has 0 radical (unpaired) electrons. The Morgan fingerprint density at radius 3 is 2.65 bits per heavy atom. The molecule has 2 aromatic heterocycles. The topological polar surface area (TPSA) is 88.9 Å².